The van der Waals surface area contributed by atoms with Gasteiger partial charge in [-0.15, -0.1) is 12.4 Å². The van der Waals surface area contributed by atoms with Gasteiger partial charge in [0, 0.05) is 107 Å². The summed E-state index contributed by atoms with van der Waals surface area (Å²) >= 11 is 5.30. The Morgan fingerprint density at radius 3 is 1.43 bits per heavy atom. The highest BCUT2D eigenvalue weighted by Crippen LogP contribution is 2.33. The number of carbonyl (C=O) groups is 1. The molecule has 31 heteroatoms. The van der Waals surface area contributed by atoms with Crippen LogP contribution in [0.3, 0.4) is 0 Å². The first-order valence-corrected chi connectivity index (χ1v) is 47.9. The van der Waals surface area contributed by atoms with Gasteiger partial charge < -0.3 is 85.2 Å². The number of aryl methyl sites for hydroxylation is 4. The number of nitrogens with one attached hydrogen (secondary N) is 1. The van der Waals surface area contributed by atoms with Gasteiger partial charge in [-0.2, -0.15) is 0 Å². The molecule has 12 rings (SSSR count). The molecule has 7 aromatic rings. The number of halogens is 4. The number of nitrogen functional groups attached to an aromatic ring is 2. The predicted molar refractivity (Wildman–Crippen MR) is 530 cm³/mol. The standard InChI is InChI=1S/C27H35N3O2.C16H24N2O4.C16H26N2O2.C9H19NO.C8H9NO2.C7H6FNO3.C6H13N.C3H7BrO.C2H6.CH3I.CH4O.ClH/c1-19-10-12-24-23(16-19)27(31)30(21(3)28-24)25-13-11-22(17-26(25)32-4)9-5-6-14-29-15-7-8-20(2)18-29;1-13-5-3-8-17(12-13)9-4-10-22-14-6-7-15(18(19)20)16(11-14)21-2;1-13-5-3-8-18(12-13)9-4-10-20-14-6-7-15(17)16(11-14)19-2;1-9-4-2-5-10(8-9)6-3-7-11;1-5-2-3-7(9)6(4-5)8(10)11;1-12-7-4-5(8)2-3-6(7)9(10)11;1-6-3-2-4-7-5-6;4-2-1-3-5;3*1-2;/h10-13,16-17,20H,5-9,14-15,18H2,1-4H3;6-7,11,13H,3-5,8-10,12H2,1-2H3;6-7,11,13H,3-5,8-10,12,17H2,1-2H3;9,11H,2-8H2,1H3;2-4H,9H2,1H3,(H,10,11);2-4H,1H3;6-7H,2-5H2,1H3;5H,1-3H2;1-2H3;1H3;2H,1H3;1H/t20-;2*13-;9-;;;6-;;;;;/m0000..0...../s1. The summed E-state index contributed by atoms with van der Waals surface area (Å²) in [4.78, 5) is 60.6. The zero-order valence-corrected chi connectivity index (χ0v) is 83.3. The molecule has 0 saturated carbocycles. The Morgan fingerprint density at radius 2 is 1.00 bits per heavy atom. The number of aromatic carboxylic acids is 1. The van der Waals surface area contributed by atoms with Crippen LogP contribution in [0.5, 0.6) is 34.5 Å². The summed E-state index contributed by atoms with van der Waals surface area (Å²) in [6.07, 6.45) is 20.7. The molecule has 0 bridgehead atoms. The van der Waals surface area contributed by atoms with Crippen LogP contribution in [0.4, 0.5) is 27.1 Å². The SMILES string of the molecule is CC.CI.CO.COc1cc(CCCCN2CCC[C@H](C)C2)ccc1-n1c(C)nc2ccc(C)cc2c1=O.COc1cc(F)ccc1[N+](=O)[O-].COc1cc(OCCCN2CCC[C@H](C)C2)ccc1N.COc1cc(OCCCN2CCC[C@H](C)C2)ccc1[N+](=O)[O-].C[C@H]1CCCN(CCCO)C1.C[C@H]1CCCNC1.Cc1ccc(N)c(C(=O)O)c1.Cl.OCCCBr. The molecular weight excluding hydrogens is 1820 g/mol. The van der Waals surface area contributed by atoms with Crippen LogP contribution in [-0.2, 0) is 6.42 Å². The topological polar surface area (TPSA) is 352 Å². The van der Waals surface area contributed by atoms with Gasteiger partial charge in [0.15, 0.2) is 5.75 Å². The maximum absolute atomic E-state index is 13.3. The van der Waals surface area contributed by atoms with Crippen molar-refractivity contribution in [1.82, 2.24) is 34.5 Å². The highest BCUT2D eigenvalue weighted by Gasteiger charge is 2.23. The molecule has 5 aliphatic heterocycles. The van der Waals surface area contributed by atoms with E-state index in [1.165, 1.54) is 168 Å². The molecule has 127 heavy (non-hydrogen) atoms. The van der Waals surface area contributed by atoms with E-state index in [1.54, 1.807) is 49.1 Å². The lowest BCUT2D eigenvalue weighted by Crippen LogP contribution is -2.35. The third kappa shape index (κ3) is 46.6. The molecule has 0 aliphatic carbocycles. The summed E-state index contributed by atoms with van der Waals surface area (Å²) in [5, 5.41) is 58.3. The smallest absolute Gasteiger partial charge is 0.337 e. The number of benzene rings is 6. The zero-order chi connectivity index (χ0) is 93.9. The zero-order valence-electron chi connectivity index (χ0n) is 78.7. The van der Waals surface area contributed by atoms with Gasteiger partial charge in [0.1, 0.15) is 34.6 Å². The molecule has 5 atom stereocenters. The van der Waals surface area contributed by atoms with Crippen molar-refractivity contribution in [3.8, 4) is 40.2 Å². The average Bonchev–Trinajstić information content (AvgIpc) is 0.768. The third-order valence-corrected chi connectivity index (χ3v) is 22.0. The molecule has 0 radical (unpaired) electrons. The molecule has 27 nitrogen and oxygen atoms in total. The number of ether oxygens (including phenoxy) is 6. The van der Waals surface area contributed by atoms with Crippen molar-refractivity contribution < 1.29 is 67.9 Å². The van der Waals surface area contributed by atoms with Crippen LogP contribution in [0.15, 0.2) is 114 Å². The molecule has 5 aliphatic rings. The maximum Gasteiger partial charge on any atom is 0.337 e. The fraction of sp³-hybridized carbons (Fsp3) is 0.594. The van der Waals surface area contributed by atoms with Crippen LogP contribution in [0.2, 0.25) is 0 Å². The second-order valence-electron chi connectivity index (χ2n) is 32.1. The number of aliphatic hydroxyl groups is 3. The number of carboxylic acid groups (broad SMARTS) is 1. The van der Waals surface area contributed by atoms with E-state index in [4.69, 9.17) is 55.6 Å². The van der Waals surface area contributed by atoms with Gasteiger partial charge >= 0.3 is 17.3 Å². The van der Waals surface area contributed by atoms with Gasteiger partial charge in [-0.25, -0.2) is 14.2 Å². The van der Waals surface area contributed by atoms with E-state index in [0.717, 1.165) is 153 Å². The fourth-order valence-corrected chi connectivity index (χ4v) is 15.3. The van der Waals surface area contributed by atoms with Gasteiger partial charge in [0.2, 0.25) is 5.75 Å². The fourth-order valence-electron chi connectivity index (χ4n) is 15.1. The largest absolute Gasteiger partial charge is 0.495 e. The minimum atomic E-state index is -0.980. The minimum absolute atomic E-state index is 0. The van der Waals surface area contributed by atoms with Crippen LogP contribution < -0.4 is 50.8 Å². The number of anilines is 2. The van der Waals surface area contributed by atoms with Gasteiger partial charge in [-0.1, -0.05) is 116 Å². The number of nitro benzene ring substituents is 2. The number of methoxy groups -OCH3 is 4. The van der Waals surface area contributed by atoms with Crippen LogP contribution in [-0.4, -0.2) is 229 Å². The number of unbranched alkanes of at least 4 members (excludes halogenated alkanes) is 1. The Morgan fingerprint density at radius 1 is 0.559 bits per heavy atom. The van der Waals surface area contributed by atoms with E-state index in [0.29, 0.717) is 59.7 Å². The Hall–Kier alpha value is -7.76. The first kappa shape index (κ1) is 117. The van der Waals surface area contributed by atoms with Gasteiger partial charge in [0.05, 0.1) is 79.3 Å². The second-order valence-corrected chi connectivity index (χ2v) is 32.9. The van der Waals surface area contributed by atoms with E-state index >= 15 is 0 Å². The summed E-state index contributed by atoms with van der Waals surface area (Å²) in [7, 11) is 6.96. The molecule has 716 valence electrons. The molecule has 5 saturated heterocycles. The van der Waals surface area contributed by atoms with Crippen LogP contribution in [0, 0.1) is 76.4 Å². The highest BCUT2D eigenvalue weighted by atomic mass is 127. The van der Waals surface area contributed by atoms with Crippen molar-refractivity contribution in [2.45, 2.75) is 178 Å². The summed E-state index contributed by atoms with van der Waals surface area (Å²) in [6.45, 7) is 40.0. The number of nitro groups is 2. The Kier molecular flexibility index (Phi) is 63.9. The van der Waals surface area contributed by atoms with E-state index in [-0.39, 0.29) is 46.4 Å². The second kappa shape index (κ2) is 69.2. The summed E-state index contributed by atoms with van der Waals surface area (Å²) < 4.78 is 46.1. The average molecular weight is 1980 g/mol. The number of nitrogens with zero attached hydrogens (tertiary/aromatic N) is 8. The van der Waals surface area contributed by atoms with E-state index in [1.807, 2.05) is 82.0 Å². The molecule has 6 heterocycles. The highest BCUT2D eigenvalue weighted by molar-refractivity contribution is 14.1. The number of hydrogen-bond acceptors (Lipinski definition) is 23. The number of nitrogens with two attached hydrogens (primary N) is 2. The number of aliphatic hydroxyl groups excluding tert-OH is 3. The number of piperidine rings is 5. The molecule has 0 spiro atoms. The molecule has 9 N–H and O–H groups in total. The first-order chi connectivity index (χ1) is 60.6. The molecular formula is C96H153BrClFIN11O16. The number of rotatable bonds is 28. The Labute approximate surface area is 784 Å². The monoisotopic (exact) mass is 1980 g/mol. The molecule has 5 fully saturated rings. The number of hydrogen-bond donors (Lipinski definition) is 7. The lowest BCUT2D eigenvalue weighted by molar-refractivity contribution is -0.385. The minimum Gasteiger partial charge on any atom is -0.495 e. The van der Waals surface area contributed by atoms with Crippen LogP contribution in [0.1, 0.15) is 184 Å². The van der Waals surface area contributed by atoms with E-state index < -0.39 is 21.6 Å². The van der Waals surface area contributed by atoms with Crippen molar-refractivity contribution in [3.63, 3.8) is 0 Å². The predicted octanol–water partition coefficient (Wildman–Crippen LogP) is 18.9. The first-order valence-electron chi connectivity index (χ1n) is 44.6. The Bertz CT molecular complexity index is 4230. The normalized spacial score (nSPS) is 17.1. The van der Waals surface area contributed by atoms with Crippen molar-refractivity contribution in [2.75, 3.05) is 175 Å². The van der Waals surface area contributed by atoms with Gasteiger partial charge in [0.25, 0.3) is 5.56 Å². The molecule has 0 amide bonds. The van der Waals surface area contributed by atoms with Crippen molar-refractivity contribution in [2.24, 2.45) is 29.6 Å². The number of aromatic nitrogens is 2. The number of likely N-dealkylation sites (tertiary alicyclic amines) is 4. The quantitative estimate of drug-likeness (QED) is 0.00598. The number of fused-ring (bicyclic) bond motifs is 1. The lowest BCUT2D eigenvalue weighted by atomic mass is 10.00. The summed E-state index contributed by atoms with van der Waals surface area (Å²) in [6, 6.07) is 30.1. The third-order valence-electron chi connectivity index (χ3n) is 21.4. The van der Waals surface area contributed by atoms with Crippen LogP contribution >= 0.6 is 50.9 Å². The maximum atomic E-state index is 13.3. The van der Waals surface area contributed by atoms with E-state index in [2.05, 4.69) is 120 Å². The molecule has 6 aromatic carbocycles. The van der Waals surface area contributed by atoms with Gasteiger partial charge in [-0.05, 0) is 276 Å². The van der Waals surface area contributed by atoms with Crippen LogP contribution in [0.25, 0.3) is 16.6 Å². The van der Waals surface area contributed by atoms with Crippen molar-refractivity contribution >= 4 is 90.5 Å². The lowest BCUT2D eigenvalue weighted by Gasteiger charge is -2.30. The van der Waals surface area contributed by atoms with Crippen molar-refractivity contribution in [1.29, 1.82) is 0 Å². The summed E-state index contributed by atoms with van der Waals surface area (Å²) in [5.41, 5.74) is 16.6. The Balaban J connectivity index is 0.000000757. The van der Waals surface area contributed by atoms with E-state index in [9.17, 15) is 34.2 Å². The molecule has 1 aromatic heterocycles. The summed E-state index contributed by atoms with van der Waals surface area (Å²) in [5.74, 6) is 6.34. The van der Waals surface area contributed by atoms with Crippen molar-refractivity contribution in [3.05, 3.63) is 174 Å². The molecule has 0 unspecified atom stereocenters. The number of alkyl halides is 2. The number of carboxylic acids is 1. The van der Waals surface area contributed by atoms with Gasteiger partial charge in [-0.3, -0.25) is 29.6 Å².